The highest BCUT2D eigenvalue weighted by Gasteiger charge is 2.42. The molecule has 4 atom stereocenters. The van der Waals surface area contributed by atoms with Gasteiger partial charge in [0, 0.05) is 36.5 Å². The number of rotatable bonds is 13. The lowest BCUT2D eigenvalue weighted by atomic mass is 9.83. The average Bonchev–Trinajstić information content (AvgIpc) is 3.09. The van der Waals surface area contributed by atoms with Crippen molar-refractivity contribution in [3.63, 3.8) is 0 Å². The molecule has 0 aliphatic carbocycles. The van der Waals surface area contributed by atoms with E-state index in [4.69, 9.17) is 9.47 Å². The van der Waals surface area contributed by atoms with Crippen molar-refractivity contribution in [2.75, 3.05) is 74.2 Å². The van der Waals surface area contributed by atoms with E-state index in [0.717, 1.165) is 41.0 Å². The molecule has 0 saturated carbocycles. The summed E-state index contributed by atoms with van der Waals surface area (Å²) in [5.74, 6) is 3.18. The molecule has 2 saturated heterocycles. The molecule has 0 bridgehead atoms. The summed E-state index contributed by atoms with van der Waals surface area (Å²) in [6, 6.07) is 0. The normalized spacial score (nSPS) is 27.5. The second kappa shape index (κ2) is 14.9. The Balaban J connectivity index is 0.00000512. The van der Waals surface area contributed by atoms with Crippen LogP contribution < -0.4 is 24.8 Å². The van der Waals surface area contributed by atoms with Crippen LogP contribution in [0.15, 0.2) is 0 Å². The third kappa shape index (κ3) is 12.2. The van der Waals surface area contributed by atoms with E-state index in [1.807, 2.05) is 0 Å². The molecule has 2 aliphatic rings. The number of hydrogen-bond acceptors (Lipinski definition) is 4. The summed E-state index contributed by atoms with van der Waals surface area (Å²) in [7, 11) is 9.44. The first-order valence-corrected chi connectivity index (χ1v) is 12.3. The van der Waals surface area contributed by atoms with Crippen molar-refractivity contribution in [2.45, 2.75) is 52.4 Å². The molecule has 4 unspecified atom stereocenters. The first-order valence-electron chi connectivity index (χ1n) is 12.3. The lowest BCUT2D eigenvalue weighted by molar-refractivity contribution is -0.881. The van der Waals surface area contributed by atoms with Gasteiger partial charge < -0.3 is 43.3 Å². The van der Waals surface area contributed by atoms with Crippen LogP contribution in [0.3, 0.4) is 0 Å². The molecular weight excluding hydrogens is 463 g/mol. The zero-order chi connectivity index (χ0) is 23.1. The fraction of sp³-hybridized carbons (Fsp3) is 0.920. The SMILES string of the molecule is CC(=O)CCOCCOC(=O)CCCC1C[N+](C)(C)CC1CCC1C[N+](C)(C)CC1C.[Cl-].[Cl-]. The maximum atomic E-state index is 12.0. The number of quaternary nitrogens is 2. The van der Waals surface area contributed by atoms with Crippen molar-refractivity contribution < 1.29 is 52.8 Å². The van der Waals surface area contributed by atoms with Crippen LogP contribution >= 0.6 is 0 Å². The highest BCUT2D eigenvalue weighted by molar-refractivity contribution is 5.75. The number of likely N-dealkylation sites (tertiary alicyclic amines) is 2. The molecule has 0 aromatic heterocycles. The summed E-state index contributed by atoms with van der Waals surface area (Å²) < 4.78 is 12.9. The van der Waals surface area contributed by atoms with Crippen molar-refractivity contribution in [3.05, 3.63) is 0 Å². The molecule has 0 aromatic rings. The summed E-state index contributed by atoms with van der Waals surface area (Å²) >= 11 is 0. The predicted molar refractivity (Wildman–Crippen MR) is 123 cm³/mol. The smallest absolute Gasteiger partial charge is 0.305 e. The van der Waals surface area contributed by atoms with Crippen LogP contribution in [-0.2, 0) is 19.1 Å². The Morgan fingerprint density at radius 3 is 1.88 bits per heavy atom. The molecule has 0 spiro atoms. The third-order valence-corrected chi connectivity index (χ3v) is 7.39. The minimum absolute atomic E-state index is 0. The Bertz CT molecular complexity index is 601. The van der Waals surface area contributed by atoms with Crippen LogP contribution in [0, 0.1) is 23.7 Å². The maximum Gasteiger partial charge on any atom is 0.305 e. The van der Waals surface area contributed by atoms with Crippen molar-refractivity contribution >= 4 is 11.8 Å². The number of halogens is 2. The van der Waals surface area contributed by atoms with Gasteiger partial charge in [-0.15, -0.1) is 0 Å². The number of Topliss-reactive ketones (excluding diaryl/α,β-unsaturated/α-hetero) is 1. The van der Waals surface area contributed by atoms with Crippen molar-refractivity contribution in [3.8, 4) is 0 Å². The van der Waals surface area contributed by atoms with E-state index in [9.17, 15) is 9.59 Å². The number of ether oxygens (including phenoxy) is 2. The third-order valence-electron chi connectivity index (χ3n) is 7.39. The van der Waals surface area contributed by atoms with Gasteiger partial charge in [-0.3, -0.25) is 9.59 Å². The molecule has 2 fully saturated rings. The summed E-state index contributed by atoms with van der Waals surface area (Å²) in [4.78, 5) is 22.9. The molecule has 33 heavy (non-hydrogen) atoms. The maximum absolute atomic E-state index is 12.0. The van der Waals surface area contributed by atoms with E-state index < -0.39 is 0 Å². The highest BCUT2D eigenvalue weighted by atomic mass is 35.5. The Morgan fingerprint density at radius 2 is 1.30 bits per heavy atom. The second-order valence-electron chi connectivity index (χ2n) is 11.6. The minimum Gasteiger partial charge on any atom is -1.00 e. The van der Waals surface area contributed by atoms with Gasteiger partial charge >= 0.3 is 5.97 Å². The number of carbonyl (C=O) groups is 2. The topological polar surface area (TPSA) is 52.6 Å². The van der Waals surface area contributed by atoms with E-state index >= 15 is 0 Å². The molecule has 2 heterocycles. The molecule has 0 amide bonds. The van der Waals surface area contributed by atoms with Crippen LogP contribution in [0.5, 0.6) is 0 Å². The zero-order valence-corrected chi connectivity index (χ0v) is 23.3. The lowest BCUT2D eigenvalue weighted by Crippen LogP contribution is -3.00. The second-order valence-corrected chi connectivity index (χ2v) is 11.6. The van der Waals surface area contributed by atoms with E-state index in [-0.39, 0.29) is 43.2 Å². The molecule has 0 aromatic carbocycles. The number of esters is 1. The first-order chi connectivity index (χ1) is 14.5. The number of nitrogens with zero attached hydrogens (tertiary/aromatic N) is 2. The van der Waals surface area contributed by atoms with Crippen molar-refractivity contribution in [1.29, 1.82) is 0 Å². The fourth-order valence-electron chi connectivity index (χ4n) is 6.03. The Morgan fingerprint density at radius 1 is 0.758 bits per heavy atom. The van der Waals surface area contributed by atoms with Crippen LogP contribution in [0.4, 0.5) is 0 Å². The monoisotopic (exact) mass is 510 g/mol. The fourth-order valence-corrected chi connectivity index (χ4v) is 6.03. The van der Waals surface area contributed by atoms with Crippen LogP contribution in [0.25, 0.3) is 0 Å². The summed E-state index contributed by atoms with van der Waals surface area (Å²) in [6.45, 7) is 10.2. The van der Waals surface area contributed by atoms with E-state index in [1.165, 1.54) is 43.5 Å². The molecule has 0 radical (unpaired) electrons. The Hall–Kier alpha value is -0.400. The van der Waals surface area contributed by atoms with E-state index in [1.54, 1.807) is 6.92 Å². The van der Waals surface area contributed by atoms with E-state index in [2.05, 4.69) is 35.1 Å². The summed E-state index contributed by atoms with van der Waals surface area (Å²) in [6.07, 6.45) is 5.64. The minimum atomic E-state index is -0.127. The molecule has 196 valence electrons. The van der Waals surface area contributed by atoms with Crippen LogP contribution in [-0.4, -0.2) is 94.9 Å². The van der Waals surface area contributed by atoms with Crippen molar-refractivity contribution in [1.82, 2.24) is 0 Å². The first kappa shape index (κ1) is 32.6. The molecule has 8 heteroatoms. The van der Waals surface area contributed by atoms with Gasteiger partial charge in [-0.05, 0) is 32.6 Å². The quantitative estimate of drug-likeness (QED) is 0.152. The van der Waals surface area contributed by atoms with Gasteiger partial charge in [-0.2, -0.15) is 0 Å². The molecule has 2 rings (SSSR count). The number of ketones is 1. The summed E-state index contributed by atoms with van der Waals surface area (Å²) in [5.41, 5.74) is 0. The van der Waals surface area contributed by atoms with Gasteiger partial charge in [0.15, 0.2) is 0 Å². The van der Waals surface area contributed by atoms with Gasteiger partial charge in [0.25, 0.3) is 0 Å². The molecule has 0 N–H and O–H groups in total. The van der Waals surface area contributed by atoms with Gasteiger partial charge in [0.2, 0.25) is 0 Å². The van der Waals surface area contributed by atoms with Gasteiger partial charge in [0.1, 0.15) is 12.4 Å². The van der Waals surface area contributed by atoms with Gasteiger partial charge in [0.05, 0.1) is 67.6 Å². The summed E-state index contributed by atoms with van der Waals surface area (Å²) in [5, 5.41) is 0. The zero-order valence-electron chi connectivity index (χ0n) is 21.8. The van der Waals surface area contributed by atoms with Crippen molar-refractivity contribution in [2.24, 2.45) is 23.7 Å². The Labute approximate surface area is 214 Å². The standard InChI is InChI=1S/C25H48N2O4.2ClH/c1-20-16-26(3,4)17-22(20)10-11-24-19-27(5,6)18-23(24)8-7-9-25(29)31-15-14-30-13-12-21(2)28;;/h20,22-24H,7-19H2,1-6H3;2*1H/q+2;;/p-2. The number of carbonyl (C=O) groups excluding carboxylic acids is 2. The number of hydrogen-bond donors (Lipinski definition) is 0. The van der Waals surface area contributed by atoms with E-state index in [0.29, 0.717) is 26.1 Å². The highest BCUT2D eigenvalue weighted by Crippen LogP contribution is 2.37. The average molecular weight is 512 g/mol. The molecule has 6 nitrogen and oxygen atoms in total. The van der Waals surface area contributed by atoms with Crippen LogP contribution in [0.1, 0.15) is 52.4 Å². The molecule has 2 aliphatic heterocycles. The van der Waals surface area contributed by atoms with Gasteiger partial charge in [-0.25, -0.2) is 0 Å². The predicted octanol–water partition coefficient (Wildman–Crippen LogP) is -2.85. The van der Waals surface area contributed by atoms with Crippen LogP contribution in [0.2, 0.25) is 0 Å². The molecular formula is C25H48Cl2N2O4. The lowest BCUT2D eigenvalue weighted by Gasteiger charge is -2.24. The van der Waals surface area contributed by atoms with Gasteiger partial charge in [-0.1, -0.05) is 6.92 Å². The Kier molecular flexibility index (Phi) is 14.7. The largest absolute Gasteiger partial charge is 1.00 e.